The van der Waals surface area contributed by atoms with Crippen LogP contribution in [0, 0.1) is 0 Å². The molecule has 104 valence electrons. The van der Waals surface area contributed by atoms with E-state index in [1.54, 1.807) is 11.1 Å². The number of nitrogens with zero attached hydrogens (tertiary/aromatic N) is 4. The van der Waals surface area contributed by atoms with Gasteiger partial charge in [0.05, 0.1) is 18.3 Å². The summed E-state index contributed by atoms with van der Waals surface area (Å²) < 4.78 is 1.43. The molecule has 1 aliphatic carbocycles. The maximum Gasteiger partial charge on any atom is 0.305 e. The molecule has 8 nitrogen and oxygen atoms in total. The van der Waals surface area contributed by atoms with E-state index in [4.69, 9.17) is 10.8 Å². The standard InChI is InChI=1S/C11H17N5O3/c12-5-8-6-15(14-13-8)7-10(17)16(9-1-2-9)4-3-11(18)19/h6,9H,1-5,7,12H2,(H,18,19). The van der Waals surface area contributed by atoms with E-state index in [0.29, 0.717) is 5.69 Å². The highest BCUT2D eigenvalue weighted by atomic mass is 16.4. The van der Waals surface area contributed by atoms with Gasteiger partial charge in [-0.15, -0.1) is 5.10 Å². The van der Waals surface area contributed by atoms with Crippen LogP contribution in [0.2, 0.25) is 0 Å². The van der Waals surface area contributed by atoms with Crippen LogP contribution in [0.5, 0.6) is 0 Å². The molecule has 0 atom stereocenters. The van der Waals surface area contributed by atoms with E-state index in [9.17, 15) is 9.59 Å². The molecule has 0 saturated heterocycles. The van der Waals surface area contributed by atoms with Gasteiger partial charge in [0.1, 0.15) is 6.54 Å². The third kappa shape index (κ3) is 3.75. The summed E-state index contributed by atoms with van der Waals surface area (Å²) in [6.45, 7) is 0.597. The van der Waals surface area contributed by atoms with Crippen molar-refractivity contribution in [3.05, 3.63) is 11.9 Å². The lowest BCUT2D eigenvalue weighted by atomic mass is 10.3. The molecule has 1 fully saturated rings. The Bertz CT molecular complexity index is 469. The molecule has 19 heavy (non-hydrogen) atoms. The van der Waals surface area contributed by atoms with Crippen molar-refractivity contribution in [1.82, 2.24) is 19.9 Å². The second-order valence-electron chi connectivity index (χ2n) is 4.57. The highest BCUT2D eigenvalue weighted by Crippen LogP contribution is 2.27. The van der Waals surface area contributed by atoms with Crippen LogP contribution >= 0.6 is 0 Å². The normalized spacial score (nSPS) is 14.4. The van der Waals surface area contributed by atoms with Crippen LogP contribution < -0.4 is 5.73 Å². The van der Waals surface area contributed by atoms with Gasteiger partial charge in [0, 0.05) is 19.1 Å². The Morgan fingerprint density at radius 3 is 2.79 bits per heavy atom. The Hall–Kier alpha value is -1.96. The van der Waals surface area contributed by atoms with Gasteiger partial charge >= 0.3 is 5.97 Å². The van der Waals surface area contributed by atoms with Crippen LogP contribution in [0.25, 0.3) is 0 Å². The number of hydrogen-bond acceptors (Lipinski definition) is 5. The third-order valence-electron chi connectivity index (χ3n) is 2.97. The molecule has 1 aromatic heterocycles. The molecule has 1 amide bonds. The highest BCUT2D eigenvalue weighted by Gasteiger charge is 2.32. The zero-order valence-corrected chi connectivity index (χ0v) is 10.5. The lowest BCUT2D eigenvalue weighted by Gasteiger charge is -2.21. The van der Waals surface area contributed by atoms with Crippen molar-refractivity contribution in [2.75, 3.05) is 6.54 Å². The molecular weight excluding hydrogens is 250 g/mol. The number of carboxylic acid groups (broad SMARTS) is 1. The predicted octanol–water partition coefficient (Wildman–Crippen LogP) is -0.797. The van der Waals surface area contributed by atoms with Gasteiger partial charge < -0.3 is 15.7 Å². The molecule has 1 aliphatic rings. The maximum atomic E-state index is 12.1. The van der Waals surface area contributed by atoms with E-state index in [0.717, 1.165) is 12.8 Å². The molecule has 0 unspecified atom stereocenters. The predicted molar refractivity (Wildman–Crippen MR) is 64.9 cm³/mol. The fourth-order valence-electron chi connectivity index (χ4n) is 1.85. The minimum Gasteiger partial charge on any atom is -0.481 e. The summed E-state index contributed by atoms with van der Waals surface area (Å²) >= 11 is 0. The number of aliphatic carboxylic acids is 1. The topological polar surface area (TPSA) is 114 Å². The van der Waals surface area contributed by atoms with Crippen molar-refractivity contribution in [2.24, 2.45) is 5.73 Å². The lowest BCUT2D eigenvalue weighted by Crippen LogP contribution is -2.37. The van der Waals surface area contributed by atoms with Crippen molar-refractivity contribution in [1.29, 1.82) is 0 Å². The second kappa shape index (κ2) is 5.79. The Balaban J connectivity index is 1.93. The Morgan fingerprint density at radius 2 is 2.26 bits per heavy atom. The van der Waals surface area contributed by atoms with Crippen LogP contribution in [0.15, 0.2) is 6.20 Å². The van der Waals surface area contributed by atoms with E-state index in [2.05, 4.69) is 10.3 Å². The second-order valence-corrected chi connectivity index (χ2v) is 4.57. The fourth-order valence-corrected chi connectivity index (χ4v) is 1.85. The Kier molecular flexibility index (Phi) is 4.10. The molecule has 8 heteroatoms. The number of aromatic nitrogens is 3. The summed E-state index contributed by atoms with van der Waals surface area (Å²) in [6, 6.07) is 0.185. The van der Waals surface area contributed by atoms with E-state index in [-0.39, 0.29) is 38.0 Å². The zero-order chi connectivity index (χ0) is 13.8. The number of carbonyl (C=O) groups is 2. The SMILES string of the molecule is NCc1cn(CC(=O)N(CCC(=O)O)C2CC2)nn1. The van der Waals surface area contributed by atoms with E-state index >= 15 is 0 Å². The molecule has 1 saturated carbocycles. The smallest absolute Gasteiger partial charge is 0.305 e. The van der Waals surface area contributed by atoms with Gasteiger partial charge in [-0.3, -0.25) is 9.59 Å². The van der Waals surface area contributed by atoms with Gasteiger partial charge in [0.2, 0.25) is 5.91 Å². The number of carboxylic acids is 1. The van der Waals surface area contributed by atoms with Gasteiger partial charge in [0.15, 0.2) is 0 Å². The third-order valence-corrected chi connectivity index (χ3v) is 2.97. The summed E-state index contributed by atoms with van der Waals surface area (Å²) in [5.74, 6) is -1.03. The first kappa shape index (κ1) is 13.5. The van der Waals surface area contributed by atoms with E-state index in [1.807, 2.05) is 0 Å². The van der Waals surface area contributed by atoms with Gasteiger partial charge in [-0.25, -0.2) is 4.68 Å². The molecular formula is C11H17N5O3. The van der Waals surface area contributed by atoms with Gasteiger partial charge in [-0.1, -0.05) is 5.21 Å². The molecule has 2 rings (SSSR count). The Morgan fingerprint density at radius 1 is 1.53 bits per heavy atom. The quantitative estimate of drug-likeness (QED) is 0.668. The molecule has 1 aromatic rings. The molecule has 0 bridgehead atoms. The van der Waals surface area contributed by atoms with Crippen LogP contribution in [0.1, 0.15) is 25.0 Å². The first-order chi connectivity index (χ1) is 9.10. The fraction of sp³-hybridized carbons (Fsp3) is 0.636. The molecule has 1 heterocycles. The first-order valence-electron chi connectivity index (χ1n) is 6.20. The van der Waals surface area contributed by atoms with Crippen molar-refractivity contribution >= 4 is 11.9 Å². The summed E-state index contributed by atoms with van der Waals surface area (Å²) in [7, 11) is 0. The van der Waals surface area contributed by atoms with Crippen LogP contribution in [-0.4, -0.2) is 49.5 Å². The zero-order valence-electron chi connectivity index (χ0n) is 10.5. The van der Waals surface area contributed by atoms with Crippen molar-refractivity contribution < 1.29 is 14.7 Å². The lowest BCUT2D eigenvalue weighted by molar-refractivity contribution is -0.138. The number of amides is 1. The minimum absolute atomic E-state index is 0.0341. The van der Waals surface area contributed by atoms with Gasteiger partial charge in [-0.2, -0.15) is 0 Å². The highest BCUT2D eigenvalue weighted by molar-refractivity contribution is 5.77. The molecule has 0 radical (unpaired) electrons. The number of rotatable bonds is 7. The Labute approximate surface area is 110 Å². The summed E-state index contributed by atoms with van der Waals surface area (Å²) in [5, 5.41) is 16.3. The monoisotopic (exact) mass is 267 g/mol. The molecule has 0 aliphatic heterocycles. The molecule has 3 N–H and O–H groups in total. The van der Waals surface area contributed by atoms with E-state index in [1.165, 1.54) is 4.68 Å². The first-order valence-corrected chi connectivity index (χ1v) is 6.20. The van der Waals surface area contributed by atoms with Gasteiger partial charge in [0.25, 0.3) is 0 Å². The molecule has 0 aromatic carbocycles. The average Bonchev–Trinajstić information content (AvgIpc) is 3.09. The van der Waals surface area contributed by atoms with Gasteiger partial charge in [-0.05, 0) is 12.8 Å². The van der Waals surface area contributed by atoms with Crippen molar-refractivity contribution in [3.8, 4) is 0 Å². The maximum absolute atomic E-state index is 12.1. The molecule has 0 spiro atoms. The summed E-state index contributed by atoms with van der Waals surface area (Å²) in [6.07, 6.45) is 3.47. The largest absolute Gasteiger partial charge is 0.481 e. The van der Waals surface area contributed by atoms with Crippen molar-refractivity contribution in [2.45, 2.75) is 38.4 Å². The number of nitrogens with two attached hydrogens (primary N) is 1. The number of hydrogen-bond donors (Lipinski definition) is 2. The minimum atomic E-state index is -0.898. The van der Waals surface area contributed by atoms with E-state index < -0.39 is 5.97 Å². The van der Waals surface area contributed by atoms with Crippen molar-refractivity contribution in [3.63, 3.8) is 0 Å². The summed E-state index contributed by atoms with van der Waals surface area (Å²) in [4.78, 5) is 24.3. The summed E-state index contributed by atoms with van der Waals surface area (Å²) in [5.41, 5.74) is 6.04. The number of carbonyl (C=O) groups excluding carboxylic acids is 1. The average molecular weight is 267 g/mol. The van der Waals surface area contributed by atoms with Crippen LogP contribution in [0.3, 0.4) is 0 Å². The van der Waals surface area contributed by atoms with Crippen LogP contribution in [0.4, 0.5) is 0 Å². The van der Waals surface area contributed by atoms with Crippen LogP contribution in [-0.2, 0) is 22.7 Å².